The Hall–Kier alpha value is -9.14. The van der Waals surface area contributed by atoms with Crippen molar-refractivity contribution in [3.8, 4) is 33.8 Å². The Bertz CT molecular complexity index is 7930. The zero-order valence-corrected chi connectivity index (χ0v) is 96.0. The maximum atomic E-state index is 5.24. The maximum Gasteiger partial charge on any atom is 0.0669 e. The van der Waals surface area contributed by atoms with E-state index in [0.717, 1.165) is 80.5 Å². The Morgan fingerprint density at radius 3 is 0.852 bits per heavy atom. The van der Waals surface area contributed by atoms with Crippen LogP contribution in [-0.2, 0) is 119 Å². The van der Waals surface area contributed by atoms with Crippen molar-refractivity contribution in [3.05, 3.63) is 309 Å². The molecule has 8 nitrogen and oxygen atoms in total. The van der Waals surface area contributed by atoms with E-state index in [1.807, 2.05) is 24.3 Å². The van der Waals surface area contributed by atoms with Crippen LogP contribution in [-0.4, -0.2) is 37.5 Å². The number of fused-ring (bicyclic) bond motifs is 24. The van der Waals surface area contributed by atoms with Gasteiger partial charge in [0.1, 0.15) is 0 Å². The molecular formula is C130H140Ir4N8-4. The first-order valence-corrected chi connectivity index (χ1v) is 52.9. The fraction of sp³-hybridized carbons (Fsp3) is 0.400. The third-order valence-electron chi connectivity index (χ3n) is 34.9. The van der Waals surface area contributed by atoms with Gasteiger partial charge in [-0.25, -0.2) is 0 Å². The van der Waals surface area contributed by atoms with E-state index >= 15 is 0 Å². The predicted molar refractivity (Wildman–Crippen MR) is 581 cm³/mol. The van der Waals surface area contributed by atoms with Gasteiger partial charge < -0.3 is 17.6 Å². The summed E-state index contributed by atoms with van der Waals surface area (Å²) in [7, 11) is 0. The Morgan fingerprint density at radius 2 is 0.521 bits per heavy atom. The number of benzene rings is 11. The largest absolute Gasteiger partial charge is 0.340 e. The van der Waals surface area contributed by atoms with Crippen molar-refractivity contribution in [2.45, 2.75) is 303 Å². The molecule has 6 aliphatic carbocycles. The second kappa shape index (κ2) is 41.3. The summed E-state index contributed by atoms with van der Waals surface area (Å²) in [6, 6.07) is 86.2. The number of nitrogens with zero attached hydrogens (tertiary/aromatic N) is 8. The monoisotopic (exact) mass is 2580 g/mol. The number of rotatable bonds is 15. The van der Waals surface area contributed by atoms with Crippen LogP contribution < -0.4 is 0 Å². The second-order valence-corrected chi connectivity index (χ2v) is 46.4. The summed E-state index contributed by atoms with van der Waals surface area (Å²) in [5, 5.41) is 14.9. The quantitative estimate of drug-likeness (QED) is 0.0758. The van der Waals surface area contributed by atoms with Crippen LogP contribution >= 0.6 is 0 Å². The van der Waals surface area contributed by atoms with Gasteiger partial charge in [-0.1, -0.05) is 244 Å². The van der Waals surface area contributed by atoms with Crippen molar-refractivity contribution in [2.75, 3.05) is 0 Å². The molecule has 0 unspecified atom stereocenters. The van der Waals surface area contributed by atoms with E-state index < -0.39 is 0 Å². The first-order valence-electron chi connectivity index (χ1n) is 52.9. The average Bonchev–Trinajstić information content (AvgIpc) is 1.57. The van der Waals surface area contributed by atoms with Gasteiger partial charge >= 0.3 is 0 Å². The standard InChI is InChI=1S/C38H43N2.C32H33N2.C31H31N2.C29H33N2.4Ir/c1-25-13-12-14-26(2)34(25)35-27(3)39-36-31-16-7-6-15-30(31)32-21-28(23-37(4)17-8-9-18-37)29(22-33(32)40(35)36)24-38(5)19-10-11-20-38;1-21-11-10-12-22(2)29(21)30-23(3)33-31-26-14-7-6-13-25(26)27-19-24(15-16-28(27)34(30)31)20-32(4)17-8-5-9-18-32;1-20-10-9-11-21(2)28(20)29-22(3)32-30-25-13-6-5-12-24(25)26-18-23(14-15-27(26)33(29)30)19-31(4)16-7-8-17-31;1-28(13-5-6-14-28)18-21-11-12-26-25(17-21)23-9-3-4-10-24(23)27-30-22(20-31(26)27)19-29(2)15-7-8-16-29;;;;/h6-7,12-15,21-22H,8-11,17-20,23-24H2,1-5H3;6-7,10-13,15-16,19H,5,8-9,17-18,20H2,1-4H3;5-6,9-12,14-15,18H,7-8,16-17,19H2,1-4H3;3-4,9,11-12,17,20H,5-8,13-16,18-19H2,1-2H3;;;;/q4*-1;;;;. The van der Waals surface area contributed by atoms with E-state index in [1.54, 1.807) is 11.1 Å². The molecule has 11 aromatic carbocycles. The molecule has 740 valence electrons. The van der Waals surface area contributed by atoms with Crippen LogP contribution in [0.4, 0.5) is 0 Å². The van der Waals surface area contributed by atoms with Crippen molar-refractivity contribution in [2.24, 2.45) is 32.5 Å². The molecule has 6 saturated carbocycles. The van der Waals surface area contributed by atoms with Crippen LogP contribution in [0.2, 0.25) is 0 Å². The van der Waals surface area contributed by atoms with Crippen LogP contribution in [0.1, 0.15) is 286 Å². The molecule has 0 bridgehead atoms. The molecule has 6 aliphatic rings. The van der Waals surface area contributed by atoms with E-state index in [9.17, 15) is 0 Å². The smallest absolute Gasteiger partial charge is 0.0669 e. The molecule has 19 aromatic rings. The molecular weight excluding hydrogens is 2440 g/mol. The van der Waals surface area contributed by atoms with Crippen molar-refractivity contribution in [1.82, 2.24) is 37.5 Å². The maximum absolute atomic E-state index is 5.24. The molecule has 0 spiro atoms. The molecule has 0 saturated heterocycles. The minimum atomic E-state index is 0. The van der Waals surface area contributed by atoms with Crippen LogP contribution in [0.15, 0.2) is 200 Å². The van der Waals surface area contributed by atoms with Gasteiger partial charge in [-0.3, -0.25) is 19.9 Å². The van der Waals surface area contributed by atoms with E-state index in [-0.39, 0.29) is 80.4 Å². The summed E-state index contributed by atoms with van der Waals surface area (Å²) in [5.41, 5.74) is 39.0. The Balaban J connectivity index is 0.000000124. The number of pyridine rings is 4. The van der Waals surface area contributed by atoms with Gasteiger partial charge in [-0.15, -0.1) is 119 Å². The summed E-state index contributed by atoms with van der Waals surface area (Å²) >= 11 is 0. The zero-order chi connectivity index (χ0) is 94.9. The number of hydrogen-bond donors (Lipinski definition) is 0. The van der Waals surface area contributed by atoms with Crippen molar-refractivity contribution in [3.63, 3.8) is 0 Å². The van der Waals surface area contributed by atoms with Gasteiger partial charge in [0.15, 0.2) is 0 Å². The first kappa shape index (κ1) is 103. The molecule has 0 amide bonds. The van der Waals surface area contributed by atoms with Gasteiger partial charge in [0.05, 0.1) is 56.8 Å². The van der Waals surface area contributed by atoms with Crippen LogP contribution in [0, 0.1) is 119 Å². The average molecular weight is 2580 g/mol. The van der Waals surface area contributed by atoms with Crippen LogP contribution in [0.5, 0.6) is 0 Å². The molecule has 0 atom stereocenters. The molecule has 4 radical (unpaired) electrons. The van der Waals surface area contributed by atoms with Gasteiger partial charge in [-0.2, -0.15) is 0 Å². The van der Waals surface area contributed by atoms with Crippen molar-refractivity contribution in [1.29, 1.82) is 0 Å². The van der Waals surface area contributed by atoms with Gasteiger partial charge in [0.25, 0.3) is 0 Å². The number of imidazole rings is 4. The number of aromatic nitrogens is 8. The summed E-state index contributed by atoms with van der Waals surface area (Å²) in [4.78, 5) is 20.6. The normalized spacial score (nSPS) is 17.1. The van der Waals surface area contributed by atoms with E-state index in [1.165, 1.54) is 334 Å². The zero-order valence-electron chi connectivity index (χ0n) is 86.4. The molecule has 8 heterocycles. The van der Waals surface area contributed by atoms with E-state index in [2.05, 4.69) is 322 Å². The fourth-order valence-electron chi connectivity index (χ4n) is 27.7. The molecule has 0 aliphatic heterocycles. The molecule has 6 fully saturated rings. The number of aryl methyl sites for hydroxylation is 9. The molecule has 8 aromatic heterocycles. The van der Waals surface area contributed by atoms with Crippen LogP contribution in [0.3, 0.4) is 0 Å². The molecule has 25 rings (SSSR count). The molecule has 0 N–H and O–H groups in total. The SMILES string of the molecule is CC1(Cc2ccc3c(c2)c2ccc[c-]c2c2nc(CC4(C)CCCC4)cn32)CCCC1.Cc1cccc(C)c1-c1c(C)nc2c3[c-]cccc3c3cc(CC4(C)CCCC4)c(CC4(C)CCCC4)cc3n12.Cc1cccc(C)c1-c1c(C)nc2c3[c-]cccc3c3cc(CC4(C)CCCC4)ccc3n12.Cc1cccc(C)c1-c1c(C)nc2c3[c-]cccc3c3cc(CC4(C)CCCCC4)ccc3n12.[Ir].[Ir].[Ir].[Ir]. The Morgan fingerprint density at radius 1 is 0.254 bits per heavy atom. The summed E-state index contributed by atoms with van der Waals surface area (Å²) in [6.45, 7) is 34.7. The number of hydrogen-bond acceptors (Lipinski definition) is 4. The van der Waals surface area contributed by atoms with E-state index in [0.29, 0.717) is 32.5 Å². The third-order valence-corrected chi connectivity index (χ3v) is 34.9. The summed E-state index contributed by atoms with van der Waals surface area (Å²) in [6.07, 6.45) is 43.3. The van der Waals surface area contributed by atoms with E-state index in [4.69, 9.17) is 19.9 Å². The molecule has 12 heteroatoms. The second-order valence-electron chi connectivity index (χ2n) is 46.4. The van der Waals surface area contributed by atoms with Gasteiger partial charge in [0.2, 0.25) is 0 Å². The predicted octanol–water partition coefficient (Wildman–Crippen LogP) is 34.7. The summed E-state index contributed by atoms with van der Waals surface area (Å²) < 4.78 is 9.61. The Kier molecular flexibility index (Phi) is 29.9. The van der Waals surface area contributed by atoms with Crippen molar-refractivity contribution >= 4 is 109 Å². The van der Waals surface area contributed by atoms with Gasteiger partial charge in [0, 0.05) is 131 Å². The van der Waals surface area contributed by atoms with Crippen molar-refractivity contribution < 1.29 is 80.4 Å². The third kappa shape index (κ3) is 19.4. The minimum Gasteiger partial charge on any atom is -0.340 e. The first-order chi connectivity index (χ1) is 66.7. The molecule has 142 heavy (non-hydrogen) atoms. The Labute approximate surface area is 896 Å². The topological polar surface area (TPSA) is 69.2 Å². The fourth-order valence-corrected chi connectivity index (χ4v) is 27.7. The summed E-state index contributed by atoms with van der Waals surface area (Å²) in [5.74, 6) is 0. The van der Waals surface area contributed by atoms with Gasteiger partial charge in [-0.05, 0) is 317 Å². The minimum absolute atomic E-state index is 0. The van der Waals surface area contributed by atoms with Crippen LogP contribution in [0.25, 0.3) is 143 Å².